The smallest absolute Gasteiger partial charge is 0.329 e. The Labute approximate surface area is 155 Å². The van der Waals surface area contributed by atoms with E-state index in [4.69, 9.17) is 4.74 Å². The minimum absolute atomic E-state index is 0.258. The molecule has 2 atom stereocenters. The Bertz CT molecular complexity index is 732. The molecule has 25 heavy (non-hydrogen) atoms. The molecule has 1 aromatic carbocycles. The van der Waals surface area contributed by atoms with Crippen molar-refractivity contribution in [2.75, 3.05) is 13.7 Å². The van der Waals surface area contributed by atoms with E-state index < -0.39 is 16.9 Å². The van der Waals surface area contributed by atoms with E-state index >= 15 is 0 Å². The lowest BCUT2D eigenvalue weighted by atomic mass is 9.76. The number of fused-ring (bicyclic) bond motifs is 1. The van der Waals surface area contributed by atoms with Gasteiger partial charge in [-0.15, -0.1) is 0 Å². The standard InChI is InChI=1S/C19H22BrNO4/c1-25-12-18(7-2-3-8-18)16(22)21-19(17(23)24)9-6-13-10-15(20)5-4-14(13)11-19/h2,4-5,7,10H,3,6,8-9,11-12H2,1H3,(H,21,22)(H,23,24). The van der Waals surface area contributed by atoms with E-state index in [2.05, 4.69) is 21.2 Å². The Morgan fingerprint density at radius 1 is 1.32 bits per heavy atom. The van der Waals surface area contributed by atoms with Crippen molar-refractivity contribution in [3.8, 4) is 0 Å². The molecule has 2 aliphatic rings. The van der Waals surface area contributed by atoms with Crippen LogP contribution in [0, 0.1) is 5.41 Å². The highest BCUT2D eigenvalue weighted by molar-refractivity contribution is 9.10. The molecular formula is C19H22BrNO4. The minimum Gasteiger partial charge on any atom is -0.479 e. The van der Waals surface area contributed by atoms with Gasteiger partial charge in [-0.3, -0.25) is 4.79 Å². The van der Waals surface area contributed by atoms with E-state index in [0.717, 1.165) is 22.0 Å². The van der Waals surface area contributed by atoms with Crippen molar-refractivity contribution in [1.82, 2.24) is 5.32 Å². The Morgan fingerprint density at radius 3 is 2.76 bits per heavy atom. The van der Waals surface area contributed by atoms with Crippen molar-refractivity contribution in [1.29, 1.82) is 0 Å². The van der Waals surface area contributed by atoms with Crippen LogP contribution in [0.25, 0.3) is 0 Å². The van der Waals surface area contributed by atoms with Crippen LogP contribution in [0.5, 0.6) is 0 Å². The van der Waals surface area contributed by atoms with Crippen molar-refractivity contribution < 1.29 is 19.4 Å². The highest BCUT2D eigenvalue weighted by atomic mass is 79.9. The number of hydrogen-bond acceptors (Lipinski definition) is 3. The number of benzene rings is 1. The van der Waals surface area contributed by atoms with Crippen molar-refractivity contribution in [2.24, 2.45) is 5.41 Å². The number of ether oxygens (including phenoxy) is 1. The molecule has 2 unspecified atom stereocenters. The number of rotatable bonds is 5. The quantitative estimate of drug-likeness (QED) is 0.735. The molecule has 0 bridgehead atoms. The third-order valence-electron chi connectivity index (χ3n) is 5.29. The Hall–Kier alpha value is -1.66. The summed E-state index contributed by atoms with van der Waals surface area (Å²) in [5.41, 5.74) is 0.0690. The lowest BCUT2D eigenvalue weighted by Crippen LogP contribution is -2.61. The zero-order valence-corrected chi connectivity index (χ0v) is 15.8. The SMILES string of the molecule is COCC1(C(=O)NC2(C(=O)O)CCc3cc(Br)ccc3C2)C=CCC1. The molecule has 0 spiro atoms. The van der Waals surface area contributed by atoms with Crippen molar-refractivity contribution in [2.45, 2.75) is 37.6 Å². The summed E-state index contributed by atoms with van der Waals surface area (Å²) >= 11 is 3.45. The van der Waals surface area contributed by atoms with Crippen molar-refractivity contribution in [3.63, 3.8) is 0 Å². The maximum atomic E-state index is 13.0. The number of carbonyl (C=O) groups is 2. The molecule has 0 heterocycles. The highest BCUT2D eigenvalue weighted by Crippen LogP contribution is 2.36. The van der Waals surface area contributed by atoms with Crippen molar-refractivity contribution in [3.05, 3.63) is 46.0 Å². The number of nitrogens with one attached hydrogen (secondary N) is 1. The summed E-state index contributed by atoms with van der Waals surface area (Å²) in [6, 6.07) is 5.86. The average Bonchev–Trinajstić information content (AvgIpc) is 3.05. The average molecular weight is 408 g/mol. The molecule has 2 N–H and O–H groups in total. The molecule has 0 fully saturated rings. The number of methoxy groups -OCH3 is 1. The van der Waals surface area contributed by atoms with E-state index in [-0.39, 0.29) is 12.5 Å². The van der Waals surface area contributed by atoms with Crippen LogP contribution in [0.1, 0.15) is 30.4 Å². The second-order valence-electron chi connectivity index (χ2n) is 6.96. The topological polar surface area (TPSA) is 75.6 Å². The monoisotopic (exact) mass is 407 g/mol. The fourth-order valence-electron chi connectivity index (χ4n) is 3.81. The van der Waals surface area contributed by atoms with Gasteiger partial charge in [-0.2, -0.15) is 0 Å². The molecule has 0 radical (unpaired) electrons. The van der Waals surface area contributed by atoms with Gasteiger partial charge in [-0.05, 0) is 48.9 Å². The minimum atomic E-state index is -1.27. The van der Waals surface area contributed by atoms with Gasteiger partial charge < -0.3 is 15.2 Å². The van der Waals surface area contributed by atoms with E-state index in [0.29, 0.717) is 25.7 Å². The molecular weight excluding hydrogens is 386 g/mol. The second-order valence-corrected chi connectivity index (χ2v) is 7.88. The summed E-state index contributed by atoms with van der Waals surface area (Å²) in [6.07, 6.45) is 6.55. The van der Waals surface area contributed by atoms with Gasteiger partial charge >= 0.3 is 5.97 Å². The normalized spacial score (nSPS) is 27.8. The Kier molecular flexibility index (Phi) is 5.02. The molecule has 0 aliphatic heterocycles. The maximum Gasteiger partial charge on any atom is 0.329 e. The van der Waals surface area contributed by atoms with E-state index in [1.807, 2.05) is 30.4 Å². The fourth-order valence-corrected chi connectivity index (χ4v) is 4.22. The first-order valence-corrected chi connectivity index (χ1v) is 9.20. The largest absolute Gasteiger partial charge is 0.479 e. The summed E-state index contributed by atoms with van der Waals surface area (Å²) in [7, 11) is 1.56. The van der Waals surface area contributed by atoms with Crippen LogP contribution in [0.3, 0.4) is 0 Å². The summed E-state index contributed by atoms with van der Waals surface area (Å²) in [4.78, 5) is 25.1. The Balaban J connectivity index is 1.87. The number of carboxylic acid groups (broad SMARTS) is 1. The van der Waals surface area contributed by atoms with Gasteiger partial charge in [0.2, 0.25) is 5.91 Å². The van der Waals surface area contributed by atoms with Crippen molar-refractivity contribution >= 4 is 27.8 Å². The summed E-state index contributed by atoms with van der Waals surface area (Å²) < 4.78 is 6.22. The third-order valence-corrected chi connectivity index (χ3v) is 5.79. The Morgan fingerprint density at radius 2 is 2.12 bits per heavy atom. The first-order chi connectivity index (χ1) is 11.9. The molecule has 6 heteroatoms. The van der Waals surface area contributed by atoms with Crippen LogP contribution >= 0.6 is 15.9 Å². The third kappa shape index (κ3) is 3.37. The van der Waals surface area contributed by atoms with Crippen LogP contribution in [-0.4, -0.2) is 36.2 Å². The molecule has 3 rings (SSSR count). The predicted octanol–water partition coefficient (Wildman–Crippen LogP) is 2.86. The number of amides is 1. The second kappa shape index (κ2) is 6.92. The first kappa shape index (κ1) is 18.1. The van der Waals surface area contributed by atoms with Gasteiger partial charge in [-0.25, -0.2) is 4.79 Å². The number of aliphatic carboxylic acids is 1. The molecule has 2 aliphatic carbocycles. The summed E-state index contributed by atoms with van der Waals surface area (Å²) in [5, 5.41) is 12.8. The van der Waals surface area contributed by atoms with Gasteiger partial charge in [0.25, 0.3) is 0 Å². The fraction of sp³-hybridized carbons (Fsp3) is 0.474. The van der Waals surface area contributed by atoms with Gasteiger partial charge in [0.15, 0.2) is 0 Å². The predicted molar refractivity (Wildman–Crippen MR) is 97.4 cm³/mol. The van der Waals surface area contributed by atoms with Crippen LogP contribution < -0.4 is 5.32 Å². The molecule has 0 saturated carbocycles. The van der Waals surface area contributed by atoms with E-state index in [1.54, 1.807) is 7.11 Å². The zero-order chi connectivity index (χ0) is 18.1. The van der Waals surface area contributed by atoms with Crippen LogP contribution in [-0.2, 0) is 27.2 Å². The van der Waals surface area contributed by atoms with E-state index in [1.165, 1.54) is 0 Å². The lowest BCUT2D eigenvalue weighted by molar-refractivity contribution is -0.150. The highest BCUT2D eigenvalue weighted by Gasteiger charge is 2.47. The molecule has 1 aromatic rings. The first-order valence-electron chi connectivity index (χ1n) is 8.41. The number of hydrogen-bond donors (Lipinski definition) is 2. The molecule has 134 valence electrons. The maximum absolute atomic E-state index is 13.0. The van der Waals surface area contributed by atoms with Crippen LogP contribution in [0.15, 0.2) is 34.8 Å². The number of aryl methyl sites for hydroxylation is 1. The van der Waals surface area contributed by atoms with Gasteiger partial charge in [0.1, 0.15) is 5.54 Å². The van der Waals surface area contributed by atoms with Gasteiger partial charge in [0, 0.05) is 18.0 Å². The molecule has 1 amide bonds. The molecule has 5 nitrogen and oxygen atoms in total. The van der Waals surface area contributed by atoms with Crippen LogP contribution in [0.2, 0.25) is 0 Å². The molecule has 0 saturated heterocycles. The number of allylic oxidation sites excluding steroid dienone is 1. The summed E-state index contributed by atoms with van der Waals surface area (Å²) in [6.45, 7) is 0.258. The zero-order valence-electron chi connectivity index (χ0n) is 14.2. The van der Waals surface area contributed by atoms with E-state index in [9.17, 15) is 14.7 Å². The van der Waals surface area contributed by atoms with Gasteiger partial charge in [-0.1, -0.05) is 34.1 Å². The van der Waals surface area contributed by atoms with Crippen LogP contribution in [0.4, 0.5) is 0 Å². The number of carbonyl (C=O) groups excluding carboxylic acids is 1. The molecule has 0 aromatic heterocycles. The number of halogens is 1. The summed E-state index contributed by atoms with van der Waals surface area (Å²) in [5.74, 6) is -1.24. The number of carboxylic acids is 1. The van der Waals surface area contributed by atoms with Gasteiger partial charge in [0.05, 0.1) is 12.0 Å². The lowest BCUT2D eigenvalue weighted by Gasteiger charge is -2.38.